The lowest BCUT2D eigenvalue weighted by Gasteiger charge is -2.26. The third-order valence-electron chi connectivity index (χ3n) is 3.84. The minimum absolute atomic E-state index is 0.471. The molecular formula is C16H21NOS. The summed E-state index contributed by atoms with van der Waals surface area (Å²) in [5.41, 5.74) is 1.38. The van der Waals surface area contributed by atoms with Crippen molar-refractivity contribution in [2.24, 2.45) is 0 Å². The van der Waals surface area contributed by atoms with Gasteiger partial charge in [0.1, 0.15) is 5.76 Å². The van der Waals surface area contributed by atoms with Crippen LogP contribution < -0.4 is 5.32 Å². The highest BCUT2D eigenvalue weighted by atomic mass is 32.1. The van der Waals surface area contributed by atoms with Crippen molar-refractivity contribution in [2.75, 3.05) is 0 Å². The zero-order chi connectivity index (χ0) is 13.2. The molecule has 2 heterocycles. The topological polar surface area (TPSA) is 25.2 Å². The van der Waals surface area contributed by atoms with Crippen molar-refractivity contribution in [3.63, 3.8) is 0 Å². The van der Waals surface area contributed by atoms with Crippen molar-refractivity contribution in [2.45, 2.75) is 51.6 Å². The smallest absolute Gasteiger partial charge is 0.108 e. The lowest BCUT2D eigenvalue weighted by Crippen LogP contribution is -2.33. The summed E-state index contributed by atoms with van der Waals surface area (Å²) in [6, 6.07) is 7.57. The Labute approximate surface area is 118 Å². The number of nitrogens with one attached hydrogen (secondary N) is 1. The average molecular weight is 275 g/mol. The van der Waals surface area contributed by atoms with Crippen LogP contribution in [0.2, 0.25) is 0 Å². The Balaban J connectivity index is 1.63. The molecule has 2 atom stereocenters. The van der Waals surface area contributed by atoms with Gasteiger partial charge < -0.3 is 9.73 Å². The summed E-state index contributed by atoms with van der Waals surface area (Å²) in [5, 5.41) is 3.77. The largest absolute Gasteiger partial charge is 0.469 e. The molecule has 1 aliphatic carbocycles. The molecule has 0 spiro atoms. The number of fused-ring (bicyclic) bond motifs is 1. The van der Waals surface area contributed by atoms with Crippen LogP contribution in [0.25, 0.3) is 0 Å². The van der Waals surface area contributed by atoms with E-state index in [1.54, 1.807) is 0 Å². The van der Waals surface area contributed by atoms with Gasteiger partial charge in [-0.25, -0.2) is 0 Å². The summed E-state index contributed by atoms with van der Waals surface area (Å²) in [7, 11) is 0. The van der Waals surface area contributed by atoms with Crippen LogP contribution in [0, 0.1) is 6.92 Å². The predicted molar refractivity (Wildman–Crippen MR) is 79.7 cm³/mol. The summed E-state index contributed by atoms with van der Waals surface area (Å²) in [6.45, 7) is 4.45. The van der Waals surface area contributed by atoms with Crippen LogP contribution in [-0.4, -0.2) is 6.04 Å². The van der Waals surface area contributed by atoms with Gasteiger partial charge in [0, 0.05) is 33.8 Å². The number of rotatable bonds is 4. The monoisotopic (exact) mass is 275 g/mol. The Morgan fingerprint density at radius 1 is 1.42 bits per heavy atom. The van der Waals surface area contributed by atoms with Crippen LogP contribution >= 0.6 is 11.3 Å². The van der Waals surface area contributed by atoms with E-state index >= 15 is 0 Å². The molecule has 3 heteroatoms. The number of aryl methyl sites for hydroxylation is 2. The predicted octanol–water partition coefficient (Wildman–Crippen LogP) is 4.25. The highest BCUT2D eigenvalue weighted by Crippen LogP contribution is 2.31. The van der Waals surface area contributed by atoms with Crippen molar-refractivity contribution in [3.05, 3.63) is 45.5 Å². The van der Waals surface area contributed by atoms with Crippen LogP contribution in [0.5, 0.6) is 0 Å². The lowest BCUT2D eigenvalue weighted by molar-refractivity contribution is 0.381. The van der Waals surface area contributed by atoms with Crippen molar-refractivity contribution < 1.29 is 4.42 Å². The Kier molecular flexibility index (Phi) is 3.76. The molecule has 0 saturated carbocycles. The molecule has 2 aromatic rings. The second-order valence-corrected chi connectivity index (χ2v) is 6.90. The number of thiophene rings is 1. The maximum absolute atomic E-state index is 5.55. The first-order chi connectivity index (χ1) is 9.22. The normalized spacial score (nSPS) is 20.2. The Hall–Kier alpha value is -1.06. The summed E-state index contributed by atoms with van der Waals surface area (Å²) in [5.74, 6) is 1.18. The van der Waals surface area contributed by atoms with Crippen molar-refractivity contribution in [1.82, 2.24) is 5.32 Å². The summed E-state index contributed by atoms with van der Waals surface area (Å²) < 4.78 is 5.55. The second kappa shape index (κ2) is 5.51. The number of hydrogen-bond donors (Lipinski definition) is 1. The maximum Gasteiger partial charge on any atom is 0.108 e. The van der Waals surface area contributed by atoms with Gasteiger partial charge in [-0.15, -0.1) is 11.3 Å². The van der Waals surface area contributed by atoms with Crippen LogP contribution in [0.3, 0.4) is 0 Å². The molecule has 1 N–H and O–H groups in total. The van der Waals surface area contributed by atoms with E-state index in [0.717, 1.165) is 12.8 Å². The second-order valence-electron chi connectivity index (χ2n) is 5.53. The lowest BCUT2D eigenvalue weighted by atomic mass is 9.92. The van der Waals surface area contributed by atoms with Crippen molar-refractivity contribution in [1.29, 1.82) is 0 Å². The van der Waals surface area contributed by atoms with Gasteiger partial charge in [-0.2, -0.15) is 0 Å². The summed E-state index contributed by atoms with van der Waals surface area (Å²) >= 11 is 1.91. The van der Waals surface area contributed by atoms with Crippen molar-refractivity contribution >= 4 is 11.3 Å². The molecule has 0 bridgehead atoms. The quantitative estimate of drug-likeness (QED) is 0.902. The molecule has 0 aliphatic heterocycles. The van der Waals surface area contributed by atoms with E-state index in [9.17, 15) is 0 Å². The molecule has 3 rings (SSSR count). The Morgan fingerprint density at radius 2 is 2.32 bits per heavy atom. The SMILES string of the molecule is Cc1ccc(CC(C)NC2CCCc3occc32)s1. The van der Waals surface area contributed by atoms with Gasteiger partial charge in [0.25, 0.3) is 0 Å². The van der Waals surface area contributed by atoms with Crippen molar-refractivity contribution in [3.8, 4) is 0 Å². The Bertz CT molecular complexity index is 542. The summed E-state index contributed by atoms with van der Waals surface area (Å²) in [6.07, 6.45) is 6.49. The fourth-order valence-corrected chi connectivity index (χ4v) is 3.98. The van der Waals surface area contributed by atoms with Crippen LogP contribution in [-0.2, 0) is 12.8 Å². The third-order valence-corrected chi connectivity index (χ3v) is 4.86. The summed E-state index contributed by atoms with van der Waals surface area (Å²) in [4.78, 5) is 2.87. The molecule has 2 nitrogen and oxygen atoms in total. The van der Waals surface area contributed by atoms with E-state index < -0.39 is 0 Å². The number of hydrogen-bond acceptors (Lipinski definition) is 3. The van der Waals surface area contributed by atoms with Crippen LogP contribution in [0.1, 0.15) is 46.9 Å². The molecule has 2 unspecified atom stereocenters. The minimum Gasteiger partial charge on any atom is -0.469 e. The van der Waals surface area contributed by atoms with E-state index in [0.29, 0.717) is 12.1 Å². The standard InChI is InChI=1S/C16H21NOS/c1-11(10-13-7-6-12(2)19-13)17-15-4-3-5-16-14(15)8-9-18-16/h6-9,11,15,17H,3-5,10H2,1-2H3. The first kappa shape index (κ1) is 12.9. The van der Waals surface area contributed by atoms with E-state index in [1.807, 2.05) is 17.6 Å². The fraction of sp³-hybridized carbons (Fsp3) is 0.500. The van der Waals surface area contributed by atoms with Gasteiger partial charge in [-0.05, 0) is 51.3 Å². The average Bonchev–Trinajstić information content (AvgIpc) is 2.98. The molecule has 1 aliphatic rings. The number of furan rings is 1. The molecule has 102 valence electrons. The zero-order valence-corrected chi connectivity index (χ0v) is 12.4. The first-order valence-electron chi connectivity index (χ1n) is 7.10. The highest BCUT2D eigenvalue weighted by Gasteiger charge is 2.23. The van der Waals surface area contributed by atoms with E-state index in [1.165, 1.54) is 33.9 Å². The van der Waals surface area contributed by atoms with Gasteiger partial charge in [-0.1, -0.05) is 0 Å². The van der Waals surface area contributed by atoms with Crippen LogP contribution in [0.4, 0.5) is 0 Å². The molecular weight excluding hydrogens is 254 g/mol. The molecule has 0 saturated heterocycles. The third kappa shape index (κ3) is 2.93. The van der Waals surface area contributed by atoms with Gasteiger partial charge in [0.05, 0.1) is 6.26 Å². The van der Waals surface area contributed by atoms with Gasteiger partial charge in [0.15, 0.2) is 0 Å². The highest BCUT2D eigenvalue weighted by molar-refractivity contribution is 7.11. The molecule has 19 heavy (non-hydrogen) atoms. The Morgan fingerprint density at radius 3 is 3.11 bits per heavy atom. The minimum atomic E-state index is 0.471. The molecule has 0 radical (unpaired) electrons. The first-order valence-corrected chi connectivity index (χ1v) is 7.91. The maximum atomic E-state index is 5.55. The van der Waals surface area contributed by atoms with E-state index in [2.05, 4.69) is 37.4 Å². The van der Waals surface area contributed by atoms with Gasteiger partial charge in [0.2, 0.25) is 0 Å². The molecule has 0 amide bonds. The van der Waals surface area contributed by atoms with E-state index in [-0.39, 0.29) is 0 Å². The van der Waals surface area contributed by atoms with Gasteiger partial charge in [-0.3, -0.25) is 0 Å². The van der Waals surface area contributed by atoms with E-state index in [4.69, 9.17) is 4.42 Å². The molecule has 0 aromatic carbocycles. The van der Waals surface area contributed by atoms with Gasteiger partial charge >= 0.3 is 0 Å². The molecule has 0 fully saturated rings. The molecule has 2 aromatic heterocycles. The van der Waals surface area contributed by atoms with Crippen LogP contribution in [0.15, 0.2) is 28.9 Å². The zero-order valence-electron chi connectivity index (χ0n) is 11.6. The fourth-order valence-electron chi connectivity index (χ4n) is 2.96.